The highest BCUT2D eigenvalue weighted by Gasteiger charge is 1.98. The van der Waals surface area contributed by atoms with Gasteiger partial charge in [-0.2, -0.15) is 0 Å². The predicted molar refractivity (Wildman–Crippen MR) is 95.4 cm³/mol. The fourth-order valence-electron chi connectivity index (χ4n) is 1.66. The first-order valence-electron chi connectivity index (χ1n) is 8.54. The number of ether oxygens (including phenoxy) is 1. The van der Waals surface area contributed by atoms with E-state index in [9.17, 15) is 9.59 Å². The lowest BCUT2D eigenvalue weighted by Crippen LogP contribution is -2.00. The van der Waals surface area contributed by atoms with Gasteiger partial charge in [-0.3, -0.25) is 0 Å². The van der Waals surface area contributed by atoms with Crippen LogP contribution in [0.2, 0.25) is 0 Å². The number of hydrogen-bond donors (Lipinski definition) is 1. The Hall–Kier alpha value is -1.58. The van der Waals surface area contributed by atoms with Crippen LogP contribution in [0.3, 0.4) is 0 Å². The summed E-state index contributed by atoms with van der Waals surface area (Å²) in [5, 5.41) is 8.59. The van der Waals surface area contributed by atoms with Crippen molar-refractivity contribution in [2.24, 2.45) is 5.92 Å². The molecule has 4 heteroatoms. The fraction of sp³-hybridized carbons (Fsp3) is 0.684. The molecular weight excluding hydrogens is 292 g/mol. The van der Waals surface area contributed by atoms with Crippen LogP contribution in [-0.2, 0) is 14.3 Å². The molecule has 134 valence electrons. The lowest BCUT2D eigenvalue weighted by atomic mass is 10.0. The molecule has 23 heavy (non-hydrogen) atoms. The van der Waals surface area contributed by atoms with Gasteiger partial charge in [-0.05, 0) is 32.1 Å². The number of carbonyl (C=O) groups excluding carboxylic acids is 1. The van der Waals surface area contributed by atoms with E-state index in [0.29, 0.717) is 12.2 Å². The van der Waals surface area contributed by atoms with Crippen molar-refractivity contribution in [2.45, 2.75) is 72.6 Å². The molecular formula is C19H34O4. The molecule has 0 heterocycles. The van der Waals surface area contributed by atoms with E-state index in [0.717, 1.165) is 31.6 Å². The largest absolute Gasteiger partial charge is 0.478 e. The van der Waals surface area contributed by atoms with Gasteiger partial charge in [0.2, 0.25) is 0 Å². The lowest BCUT2D eigenvalue weighted by molar-refractivity contribution is -0.138. The predicted octanol–water partition coefficient (Wildman–Crippen LogP) is 5.14. The molecule has 0 aromatic rings. The first-order chi connectivity index (χ1) is 10.8. The van der Waals surface area contributed by atoms with Gasteiger partial charge in [0, 0.05) is 11.6 Å². The Kier molecular flexibility index (Phi) is 17.3. The number of rotatable bonds is 11. The van der Waals surface area contributed by atoms with E-state index in [4.69, 9.17) is 5.11 Å². The van der Waals surface area contributed by atoms with Crippen LogP contribution in [0.5, 0.6) is 0 Å². The molecule has 0 aromatic carbocycles. The molecule has 0 bridgehead atoms. The third-order valence-corrected chi connectivity index (χ3v) is 3.18. The van der Waals surface area contributed by atoms with E-state index in [1.165, 1.54) is 25.3 Å². The quantitative estimate of drug-likeness (QED) is 0.324. The average Bonchev–Trinajstić information content (AvgIpc) is 2.50. The second-order valence-corrected chi connectivity index (χ2v) is 5.95. The topological polar surface area (TPSA) is 63.6 Å². The molecule has 0 amide bonds. The van der Waals surface area contributed by atoms with Gasteiger partial charge in [0.25, 0.3) is 0 Å². The highest BCUT2D eigenvalue weighted by Crippen LogP contribution is 2.10. The summed E-state index contributed by atoms with van der Waals surface area (Å²) in [6.07, 6.45) is 10.7. The number of unbranched alkanes of at least 4 members (excludes halogenated alkanes) is 4. The van der Waals surface area contributed by atoms with E-state index in [-0.39, 0.29) is 5.97 Å². The van der Waals surface area contributed by atoms with E-state index in [1.54, 1.807) is 6.92 Å². The third-order valence-electron chi connectivity index (χ3n) is 3.18. The molecule has 4 nitrogen and oxygen atoms in total. The molecule has 0 saturated carbocycles. The number of aliphatic carboxylic acids is 1. The number of carbonyl (C=O) groups is 2. The van der Waals surface area contributed by atoms with Crippen LogP contribution in [0.4, 0.5) is 0 Å². The zero-order chi connectivity index (χ0) is 18.1. The van der Waals surface area contributed by atoms with Gasteiger partial charge in [-0.25, -0.2) is 9.59 Å². The standard InChI is InChI=1S/C12H22O2.C7H12O2/c1-10(2)8-6-4-5-7-9-11(3)12(13)14;1-3-5-6-9-7(8)4-2/h9-10H,4-8H2,1-3H3,(H,13,14);4H,2-3,5-6H2,1H3. The smallest absolute Gasteiger partial charge is 0.330 e. The minimum Gasteiger partial charge on any atom is -0.478 e. The molecule has 0 aliphatic rings. The molecule has 0 unspecified atom stereocenters. The van der Waals surface area contributed by atoms with Crippen LogP contribution in [0.1, 0.15) is 72.6 Å². The zero-order valence-electron chi connectivity index (χ0n) is 15.3. The minimum atomic E-state index is -0.799. The third kappa shape index (κ3) is 20.4. The molecule has 0 spiro atoms. The van der Waals surface area contributed by atoms with E-state index in [2.05, 4.69) is 25.2 Å². The van der Waals surface area contributed by atoms with Crippen molar-refractivity contribution >= 4 is 11.9 Å². The normalized spacial score (nSPS) is 10.7. The number of carboxylic acid groups (broad SMARTS) is 1. The SMILES string of the molecule is C=CC(=O)OCCCC.CC(=CCCCCCC(C)C)C(=O)O. The Bertz CT molecular complexity index is 356. The molecule has 0 atom stereocenters. The maximum Gasteiger partial charge on any atom is 0.330 e. The Balaban J connectivity index is 0. The van der Waals surface area contributed by atoms with Crippen molar-refractivity contribution in [1.82, 2.24) is 0 Å². The van der Waals surface area contributed by atoms with Crippen LogP contribution in [-0.4, -0.2) is 23.7 Å². The Morgan fingerprint density at radius 1 is 1.17 bits per heavy atom. The van der Waals surface area contributed by atoms with Crippen molar-refractivity contribution < 1.29 is 19.4 Å². The molecule has 0 saturated heterocycles. The van der Waals surface area contributed by atoms with Crippen LogP contribution in [0, 0.1) is 5.92 Å². The van der Waals surface area contributed by atoms with E-state index >= 15 is 0 Å². The highest BCUT2D eigenvalue weighted by molar-refractivity contribution is 5.85. The molecule has 0 aromatic heterocycles. The number of allylic oxidation sites excluding steroid dienone is 1. The van der Waals surface area contributed by atoms with Crippen LogP contribution in [0.15, 0.2) is 24.3 Å². The van der Waals surface area contributed by atoms with E-state index in [1.807, 2.05) is 13.0 Å². The molecule has 0 aliphatic heterocycles. The van der Waals surface area contributed by atoms with Crippen molar-refractivity contribution in [2.75, 3.05) is 6.61 Å². The monoisotopic (exact) mass is 326 g/mol. The summed E-state index contributed by atoms with van der Waals surface area (Å²) in [5.41, 5.74) is 0.467. The fourth-order valence-corrected chi connectivity index (χ4v) is 1.66. The molecule has 1 N–H and O–H groups in total. The summed E-state index contributed by atoms with van der Waals surface area (Å²) >= 11 is 0. The molecule has 0 rings (SSSR count). The van der Waals surface area contributed by atoms with Gasteiger partial charge in [-0.1, -0.05) is 59.1 Å². The summed E-state index contributed by atoms with van der Waals surface area (Å²) in [6.45, 7) is 11.9. The molecule has 0 aliphatic carbocycles. The maximum atomic E-state index is 10.4. The first kappa shape index (κ1) is 23.7. The van der Waals surface area contributed by atoms with Gasteiger partial charge < -0.3 is 9.84 Å². The summed E-state index contributed by atoms with van der Waals surface area (Å²) in [7, 11) is 0. The Labute approximate surface area is 141 Å². The Morgan fingerprint density at radius 3 is 2.30 bits per heavy atom. The second-order valence-electron chi connectivity index (χ2n) is 5.95. The van der Waals surface area contributed by atoms with Gasteiger partial charge in [0.05, 0.1) is 6.61 Å². The van der Waals surface area contributed by atoms with Crippen molar-refractivity contribution in [3.8, 4) is 0 Å². The van der Waals surface area contributed by atoms with Crippen molar-refractivity contribution in [1.29, 1.82) is 0 Å². The minimum absolute atomic E-state index is 0.330. The number of carboxylic acids is 1. The average molecular weight is 326 g/mol. The summed E-state index contributed by atoms with van der Waals surface area (Å²) in [5.74, 6) is -0.345. The summed E-state index contributed by atoms with van der Waals surface area (Å²) < 4.78 is 4.67. The highest BCUT2D eigenvalue weighted by atomic mass is 16.5. The molecule has 0 fully saturated rings. The van der Waals surface area contributed by atoms with Gasteiger partial charge in [-0.15, -0.1) is 0 Å². The van der Waals surface area contributed by atoms with Gasteiger partial charge >= 0.3 is 11.9 Å². The molecule has 0 radical (unpaired) electrons. The van der Waals surface area contributed by atoms with Gasteiger partial charge in [0.15, 0.2) is 0 Å². The summed E-state index contributed by atoms with van der Waals surface area (Å²) in [4.78, 5) is 20.8. The maximum absolute atomic E-state index is 10.4. The van der Waals surface area contributed by atoms with E-state index < -0.39 is 5.97 Å². The first-order valence-corrected chi connectivity index (χ1v) is 8.54. The lowest BCUT2D eigenvalue weighted by Gasteiger charge is -2.02. The number of hydrogen-bond acceptors (Lipinski definition) is 3. The van der Waals surface area contributed by atoms with Gasteiger partial charge in [0.1, 0.15) is 0 Å². The number of esters is 1. The van der Waals surface area contributed by atoms with Crippen molar-refractivity contribution in [3.05, 3.63) is 24.3 Å². The van der Waals surface area contributed by atoms with Crippen molar-refractivity contribution in [3.63, 3.8) is 0 Å². The van der Waals surface area contributed by atoms with Crippen LogP contribution in [0.25, 0.3) is 0 Å². The zero-order valence-corrected chi connectivity index (χ0v) is 15.3. The van der Waals surface area contributed by atoms with Crippen LogP contribution >= 0.6 is 0 Å². The Morgan fingerprint density at radius 2 is 1.83 bits per heavy atom. The van der Waals surface area contributed by atoms with Crippen LogP contribution < -0.4 is 0 Å². The summed E-state index contributed by atoms with van der Waals surface area (Å²) in [6, 6.07) is 0. The second kappa shape index (κ2) is 16.8.